The first-order valence-corrected chi connectivity index (χ1v) is 9.11. The van der Waals surface area contributed by atoms with Crippen LogP contribution in [0.25, 0.3) is 10.9 Å². The zero-order valence-electron chi connectivity index (χ0n) is 14.6. The van der Waals surface area contributed by atoms with Crippen LogP contribution >= 0.6 is 0 Å². The van der Waals surface area contributed by atoms with Gasteiger partial charge in [-0.2, -0.15) is 5.10 Å². The van der Waals surface area contributed by atoms with E-state index in [0.29, 0.717) is 13.1 Å². The molecule has 1 aromatic carbocycles. The summed E-state index contributed by atoms with van der Waals surface area (Å²) in [6, 6.07) is 11.9. The highest BCUT2D eigenvalue weighted by atomic mass is 16.2. The normalized spacial score (nSPS) is 13.5. The van der Waals surface area contributed by atoms with E-state index in [4.69, 9.17) is 0 Å². The van der Waals surface area contributed by atoms with E-state index in [2.05, 4.69) is 33.2 Å². The highest BCUT2D eigenvalue weighted by Crippen LogP contribution is 2.17. The standard InChI is InChI=1S/C20H22N4O2/c25-19(14-24-20(26)13-16-6-1-3-7-17(16)22-24)21-10-12-23-11-9-15-5-2-4-8-18(15)23/h2,4-5,8-9,11,13H,1,3,6-7,10,12,14H2,(H,21,25). The Morgan fingerprint density at radius 2 is 2.00 bits per heavy atom. The molecule has 3 aromatic rings. The minimum atomic E-state index is -0.197. The van der Waals surface area contributed by atoms with Crippen molar-refractivity contribution in [2.75, 3.05) is 6.54 Å². The molecule has 2 heterocycles. The van der Waals surface area contributed by atoms with Crippen LogP contribution in [0, 0.1) is 0 Å². The third kappa shape index (κ3) is 3.40. The smallest absolute Gasteiger partial charge is 0.267 e. The summed E-state index contributed by atoms with van der Waals surface area (Å²) in [5.41, 5.74) is 2.95. The number of aryl methyl sites for hydroxylation is 2. The van der Waals surface area contributed by atoms with Crippen molar-refractivity contribution in [3.63, 3.8) is 0 Å². The predicted molar refractivity (Wildman–Crippen MR) is 100 cm³/mol. The number of nitrogens with one attached hydrogen (secondary N) is 1. The van der Waals surface area contributed by atoms with Gasteiger partial charge in [0.15, 0.2) is 0 Å². The maximum Gasteiger partial charge on any atom is 0.267 e. The van der Waals surface area contributed by atoms with Gasteiger partial charge < -0.3 is 9.88 Å². The van der Waals surface area contributed by atoms with Crippen molar-refractivity contribution in [2.45, 2.75) is 38.8 Å². The number of aromatic nitrogens is 3. The molecule has 0 bridgehead atoms. The number of rotatable bonds is 5. The lowest BCUT2D eigenvalue weighted by Crippen LogP contribution is -2.36. The Balaban J connectivity index is 1.36. The Hall–Kier alpha value is -2.89. The summed E-state index contributed by atoms with van der Waals surface area (Å²) in [4.78, 5) is 24.4. The number of amides is 1. The van der Waals surface area contributed by atoms with Gasteiger partial charge in [0.05, 0.1) is 5.69 Å². The maximum atomic E-state index is 12.2. The molecule has 1 aliphatic carbocycles. The molecule has 2 aromatic heterocycles. The third-order valence-electron chi connectivity index (χ3n) is 4.92. The van der Waals surface area contributed by atoms with Crippen LogP contribution in [0.4, 0.5) is 0 Å². The minimum absolute atomic E-state index is 0.0292. The number of carbonyl (C=O) groups is 1. The van der Waals surface area contributed by atoms with E-state index < -0.39 is 0 Å². The first kappa shape index (κ1) is 16.6. The molecule has 0 spiro atoms. The van der Waals surface area contributed by atoms with E-state index in [9.17, 15) is 9.59 Å². The van der Waals surface area contributed by atoms with Crippen molar-refractivity contribution in [1.82, 2.24) is 19.7 Å². The topological polar surface area (TPSA) is 68.9 Å². The second kappa shape index (κ2) is 7.15. The molecule has 0 fully saturated rings. The van der Waals surface area contributed by atoms with Gasteiger partial charge in [-0.1, -0.05) is 18.2 Å². The fraction of sp³-hybridized carbons (Fsp3) is 0.350. The van der Waals surface area contributed by atoms with Gasteiger partial charge in [-0.25, -0.2) is 4.68 Å². The van der Waals surface area contributed by atoms with Crippen molar-refractivity contribution >= 4 is 16.8 Å². The van der Waals surface area contributed by atoms with E-state index in [1.807, 2.05) is 18.3 Å². The monoisotopic (exact) mass is 350 g/mol. The lowest BCUT2D eigenvalue weighted by Gasteiger charge is -2.15. The molecule has 0 saturated heterocycles. The van der Waals surface area contributed by atoms with Gasteiger partial charge in [0.2, 0.25) is 5.91 Å². The van der Waals surface area contributed by atoms with Crippen LogP contribution in [0.3, 0.4) is 0 Å². The SMILES string of the molecule is O=C(Cn1nc2c(cc1=O)CCCC2)NCCn1ccc2ccccc21. The summed E-state index contributed by atoms with van der Waals surface area (Å²) < 4.78 is 3.39. The zero-order valence-corrected chi connectivity index (χ0v) is 14.6. The molecular weight excluding hydrogens is 328 g/mol. The fourth-order valence-electron chi connectivity index (χ4n) is 3.56. The Labute approximate surface area is 151 Å². The molecule has 0 atom stereocenters. The first-order valence-electron chi connectivity index (χ1n) is 9.11. The highest BCUT2D eigenvalue weighted by Gasteiger charge is 2.14. The Morgan fingerprint density at radius 1 is 1.15 bits per heavy atom. The molecule has 134 valence electrons. The lowest BCUT2D eigenvalue weighted by molar-refractivity contribution is -0.121. The largest absolute Gasteiger partial charge is 0.353 e. The maximum absolute atomic E-state index is 12.2. The summed E-state index contributed by atoms with van der Waals surface area (Å²) in [6.45, 7) is 1.17. The van der Waals surface area contributed by atoms with Crippen LogP contribution in [-0.2, 0) is 30.7 Å². The number of para-hydroxylation sites is 1. The zero-order chi connectivity index (χ0) is 17.9. The van der Waals surface area contributed by atoms with Gasteiger partial charge >= 0.3 is 0 Å². The number of hydrogen-bond donors (Lipinski definition) is 1. The number of carbonyl (C=O) groups excluding carboxylic acids is 1. The molecule has 0 aliphatic heterocycles. The molecule has 4 rings (SSSR count). The van der Waals surface area contributed by atoms with E-state index >= 15 is 0 Å². The van der Waals surface area contributed by atoms with E-state index in [0.717, 1.165) is 42.5 Å². The molecule has 1 aliphatic rings. The van der Waals surface area contributed by atoms with Gasteiger partial charge in [-0.05, 0) is 48.8 Å². The van der Waals surface area contributed by atoms with Gasteiger partial charge in [0.1, 0.15) is 6.54 Å². The summed E-state index contributed by atoms with van der Waals surface area (Å²) in [6.07, 6.45) is 6.02. The van der Waals surface area contributed by atoms with Crippen molar-refractivity contribution in [2.24, 2.45) is 0 Å². The summed E-state index contributed by atoms with van der Waals surface area (Å²) in [7, 11) is 0. The van der Waals surface area contributed by atoms with Crippen molar-refractivity contribution < 1.29 is 4.79 Å². The van der Waals surface area contributed by atoms with Crippen LogP contribution in [0.5, 0.6) is 0 Å². The molecule has 6 heteroatoms. The van der Waals surface area contributed by atoms with Crippen molar-refractivity contribution in [1.29, 1.82) is 0 Å². The first-order chi connectivity index (χ1) is 12.7. The van der Waals surface area contributed by atoms with E-state index in [1.165, 1.54) is 10.1 Å². The average molecular weight is 350 g/mol. The quantitative estimate of drug-likeness (QED) is 0.764. The van der Waals surface area contributed by atoms with Crippen LogP contribution in [0.15, 0.2) is 47.4 Å². The van der Waals surface area contributed by atoms with Crippen LogP contribution in [0.1, 0.15) is 24.1 Å². The average Bonchev–Trinajstić information content (AvgIpc) is 3.06. The van der Waals surface area contributed by atoms with E-state index in [1.54, 1.807) is 6.07 Å². The number of nitrogens with zero attached hydrogens (tertiary/aromatic N) is 3. The predicted octanol–water partition coefficient (Wildman–Crippen LogP) is 1.89. The van der Waals surface area contributed by atoms with Crippen LogP contribution in [-0.4, -0.2) is 26.8 Å². The fourth-order valence-corrected chi connectivity index (χ4v) is 3.56. The molecule has 26 heavy (non-hydrogen) atoms. The van der Waals surface area contributed by atoms with Gasteiger partial charge in [-0.3, -0.25) is 9.59 Å². The Kier molecular flexibility index (Phi) is 4.56. The molecule has 6 nitrogen and oxygen atoms in total. The minimum Gasteiger partial charge on any atom is -0.353 e. The molecule has 0 saturated carbocycles. The number of hydrogen-bond acceptors (Lipinski definition) is 3. The third-order valence-corrected chi connectivity index (χ3v) is 4.92. The molecular formula is C20H22N4O2. The van der Waals surface area contributed by atoms with Crippen LogP contribution in [0.2, 0.25) is 0 Å². The van der Waals surface area contributed by atoms with Gasteiger partial charge in [0.25, 0.3) is 5.56 Å². The molecule has 1 N–H and O–H groups in total. The highest BCUT2D eigenvalue weighted by molar-refractivity contribution is 5.80. The number of benzene rings is 1. The lowest BCUT2D eigenvalue weighted by atomic mass is 9.97. The van der Waals surface area contributed by atoms with Crippen LogP contribution < -0.4 is 10.9 Å². The van der Waals surface area contributed by atoms with Gasteiger partial charge in [-0.15, -0.1) is 0 Å². The molecule has 1 amide bonds. The second-order valence-electron chi connectivity index (χ2n) is 6.74. The van der Waals surface area contributed by atoms with Crippen molar-refractivity contribution in [3.05, 3.63) is 64.2 Å². The Bertz CT molecular complexity index is 1000. The second-order valence-corrected chi connectivity index (χ2v) is 6.74. The summed E-state index contributed by atoms with van der Waals surface area (Å²) >= 11 is 0. The van der Waals surface area contributed by atoms with Gasteiger partial charge in [0, 0.05) is 30.9 Å². The Morgan fingerprint density at radius 3 is 2.92 bits per heavy atom. The summed E-state index contributed by atoms with van der Waals surface area (Å²) in [5, 5.41) is 8.46. The number of fused-ring (bicyclic) bond motifs is 2. The van der Waals surface area contributed by atoms with Crippen molar-refractivity contribution in [3.8, 4) is 0 Å². The molecule has 0 radical (unpaired) electrons. The molecule has 0 unspecified atom stereocenters. The van der Waals surface area contributed by atoms with E-state index in [-0.39, 0.29) is 18.0 Å². The summed E-state index contributed by atoms with van der Waals surface area (Å²) in [5.74, 6) is -0.188.